The van der Waals surface area contributed by atoms with Gasteiger partial charge < -0.3 is 18.9 Å². The van der Waals surface area contributed by atoms with Gasteiger partial charge in [-0.25, -0.2) is 0 Å². The van der Waals surface area contributed by atoms with E-state index in [2.05, 4.69) is 0 Å². The zero-order chi connectivity index (χ0) is 26.4. The molecule has 0 aliphatic carbocycles. The molecule has 3 aromatic rings. The van der Waals surface area contributed by atoms with Crippen LogP contribution in [0.2, 0.25) is 0 Å². The maximum absolute atomic E-state index is 14.2. The molecule has 0 spiro atoms. The van der Waals surface area contributed by atoms with Gasteiger partial charge in [-0.05, 0) is 37.1 Å². The van der Waals surface area contributed by atoms with Crippen LogP contribution in [-0.4, -0.2) is 38.0 Å². The average Bonchev–Trinajstić information content (AvgIpc) is 3.31. The van der Waals surface area contributed by atoms with Crippen molar-refractivity contribution >= 4 is 17.7 Å². The van der Waals surface area contributed by atoms with Crippen LogP contribution >= 0.6 is 0 Å². The zero-order valence-electron chi connectivity index (χ0n) is 21.1. The van der Waals surface area contributed by atoms with E-state index in [1.807, 2.05) is 30.3 Å². The fourth-order valence-corrected chi connectivity index (χ4v) is 4.95. The first kappa shape index (κ1) is 26.1. The summed E-state index contributed by atoms with van der Waals surface area (Å²) in [6.07, 6.45) is -2.07. The first-order valence-corrected chi connectivity index (χ1v) is 12.3. The molecule has 192 valence electrons. The van der Waals surface area contributed by atoms with E-state index in [0.717, 1.165) is 0 Å². The van der Waals surface area contributed by atoms with Crippen molar-refractivity contribution in [3.05, 3.63) is 102 Å². The second kappa shape index (κ2) is 11.4. The second-order valence-electron chi connectivity index (χ2n) is 8.64. The van der Waals surface area contributed by atoms with Gasteiger partial charge in [0.15, 0.2) is 5.78 Å². The fraction of sp³-hybridized carbons (Fsp3) is 0.300. The molecule has 0 bridgehead atoms. The molecule has 0 unspecified atom stereocenters. The third kappa shape index (κ3) is 4.74. The Bertz CT molecular complexity index is 1200. The van der Waals surface area contributed by atoms with Gasteiger partial charge in [-0.1, -0.05) is 72.8 Å². The predicted octanol–water partition coefficient (Wildman–Crippen LogP) is 5.12. The molecule has 3 aromatic carbocycles. The summed E-state index contributed by atoms with van der Waals surface area (Å²) < 4.78 is 22.8. The van der Waals surface area contributed by atoms with Gasteiger partial charge in [0.25, 0.3) is 0 Å². The zero-order valence-corrected chi connectivity index (χ0v) is 21.1. The Kier molecular flexibility index (Phi) is 8.04. The summed E-state index contributed by atoms with van der Waals surface area (Å²) in [7, 11) is 1.54. The van der Waals surface area contributed by atoms with E-state index < -0.39 is 41.3 Å². The van der Waals surface area contributed by atoms with Gasteiger partial charge in [-0.2, -0.15) is 0 Å². The van der Waals surface area contributed by atoms with Gasteiger partial charge in [-0.3, -0.25) is 14.4 Å². The van der Waals surface area contributed by atoms with Crippen LogP contribution in [0, 0.1) is 11.3 Å². The van der Waals surface area contributed by atoms with Crippen molar-refractivity contribution < 1.29 is 33.3 Å². The molecule has 1 heterocycles. The van der Waals surface area contributed by atoms with E-state index >= 15 is 0 Å². The third-order valence-corrected chi connectivity index (χ3v) is 6.60. The van der Waals surface area contributed by atoms with Gasteiger partial charge in [0.1, 0.15) is 11.9 Å². The lowest BCUT2D eigenvalue weighted by atomic mass is 9.66. The number of Topliss-reactive ketones (excluding diaryl/α,β-unsaturated/α-hetero) is 1. The normalized spacial score (nSPS) is 20.1. The van der Waals surface area contributed by atoms with Crippen molar-refractivity contribution in [2.45, 2.75) is 26.1 Å². The van der Waals surface area contributed by atoms with E-state index in [1.165, 1.54) is 0 Å². The Morgan fingerprint density at radius 3 is 1.81 bits per heavy atom. The molecule has 0 amide bonds. The topological polar surface area (TPSA) is 88.1 Å². The van der Waals surface area contributed by atoms with Crippen LogP contribution in [0.4, 0.5) is 0 Å². The second-order valence-corrected chi connectivity index (χ2v) is 8.64. The molecule has 1 saturated heterocycles. The van der Waals surface area contributed by atoms with Crippen molar-refractivity contribution in [2.75, 3.05) is 20.3 Å². The quantitative estimate of drug-likeness (QED) is 0.228. The van der Waals surface area contributed by atoms with Gasteiger partial charge >= 0.3 is 11.9 Å². The lowest BCUT2D eigenvalue weighted by Crippen LogP contribution is -2.51. The highest BCUT2D eigenvalue weighted by Crippen LogP contribution is 2.59. The van der Waals surface area contributed by atoms with E-state index in [4.69, 9.17) is 18.9 Å². The SMILES string of the molecule is CCOC(=O)C1(C(=O)OCC)[C@H](C(=O)c2ccccc2)[C@H](c2ccccc2)O[C@H]1c1ccc(OC)cc1. The number of carbonyl (C=O) groups excluding carboxylic acids is 3. The van der Waals surface area contributed by atoms with Crippen LogP contribution in [-0.2, 0) is 23.8 Å². The first-order chi connectivity index (χ1) is 18.0. The summed E-state index contributed by atoms with van der Waals surface area (Å²) in [5.41, 5.74) is -0.559. The number of benzene rings is 3. The van der Waals surface area contributed by atoms with Crippen LogP contribution in [0.3, 0.4) is 0 Å². The minimum atomic E-state index is -2.09. The van der Waals surface area contributed by atoms with E-state index in [0.29, 0.717) is 22.4 Å². The number of hydrogen-bond donors (Lipinski definition) is 0. The van der Waals surface area contributed by atoms with E-state index in [1.54, 1.807) is 75.6 Å². The molecule has 0 saturated carbocycles. The summed E-state index contributed by atoms with van der Waals surface area (Å²) in [5, 5.41) is 0. The van der Waals surface area contributed by atoms with E-state index in [-0.39, 0.29) is 13.2 Å². The minimum Gasteiger partial charge on any atom is -0.497 e. The number of hydrogen-bond acceptors (Lipinski definition) is 7. The Hall–Kier alpha value is -3.97. The Morgan fingerprint density at radius 1 is 0.757 bits per heavy atom. The molecule has 0 aromatic heterocycles. The van der Waals surface area contributed by atoms with Crippen LogP contribution in [0.25, 0.3) is 0 Å². The summed E-state index contributed by atoms with van der Waals surface area (Å²) in [6, 6.07) is 24.5. The number of rotatable bonds is 9. The van der Waals surface area contributed by atoms with Crippen molar-refractivity contribution in [2.24, 2.45) is 11.3 Å². The first-order valence-electron chi connectivity index (χ1n) is 12.3. The Morgan fingerprint density at radius 2 is 1.30 bits per heavy atom. The molecular weight excluding hydrogens is 472 g/mol. The molecule has 37 heavy (non-hydrogen) atoms. The van der Waals surface area contributed by atoms with Gasteiger partial charge in [0, 0.05) is 5.56 Å². The highest BCUT2D eigenvalue weighted by Gasteiger charge is 2.70. The number of ether oxygens (including phenoxy) is 4. The number of esters is 2. The van der Waals surface area contributed by atoms with Crippen LogP contribution in [0.15, 0.2) is 84.9 Å². The Labute approximate surface area is 216 Å². The van der Waals surface area contributed by atoms with Gasteiger partial charge in [0.05, 0.1) is 32.3 Å². The number of carbonyl (C=O) groups is 3. The van der Waals surface area contributed by atoms with Crippen molar-refractivity contribution in [3.8, 4) is 5.75 Å². The van der Waals surface area contributed by atoms with Crippen molar-refractivity contribution in [1.82, 2.24) is 0 Å². The summed E-state index contributed by atoms with van der Waals surface area (Å²) >= 11 is 0. The molecule has 4 rings (SSSR count). The average molecular weight is 503 g/mol. The fourth-order valence-electron chi connectivity index (χ4n) is 4.95. The lowest BCUT2D eigenvalue weighted by Gasteiger charge is -2.33. The lowest BCUT2D eigenvalue weighted by molar-refractivity contribution is -0.178. The molecule has 0 N–H and O–H groups in total. The molecule has 0 radical (unpaired) electrons. The third-order valence-electron chi connectivity index (χ3n) is 6.60. The number of ketones is 1. The molecule has 7 nitrogen and oxygen atoms in total. The van der Waals surface area contributed by atoms with E-state index in [9.17, 15) is 14.4 Å². The highest BCUT2D eigenvalue weighted by atomic mass is 16.6. The minimum absolute atomic E-state index is 0.0115. The predicted molar refractivity (Wildman–Crippen MR) is 136 cm³/mol. The van der Waals surface area contributed by atoms with Crippen LogP contribution < -0.4 is 4.74 Å². The maximum atomic E-state index is 14.2. The van der Waals surface area contributed by atoms with Crippen LogP contribution in [0.1, 0.15) is 47.5 Å². The smallest absolute Gasteiger partial charge is 0.327 e. The largest absolute Gasteiger partial charge is 0.497 e. The van der Waals surface area contributed by atoms with Crippen molar-refractivity contribution in [1.29, 1.82) is 0 Å². The molecule has 3 atom stereocenters. The van der Waals surface area contributed by atoms with Crippen molar-refractivity contribution in [3.63, 3.8) is 0 Å². The highest BCUT2D eigenvalue weighted by molar-refractivity contribution is 6.10. The Balaban J connectivity index is 2.01. The van der Waals surface area contributed by atoms with Gasteiger partial charge in [0.2, 0.25) is 5.41 Å². The monoisotopic (exact) mass is 502 g/mol. The number of methoxy groups -OCH3 is 1. The maximum Gasteiger partial charge on any atom is 0.327 e. The summed E-state index contributed by atoms with van der Waals surface area (Å²) in [6.45, 7) is 3.32. The molecule has 1 aliphatic rings. The van der Waals surface area contributed by atoms with Gasteiger partial charge in [-0.15, -0.1) is 0 Å². The standard InChI is InChI=1S/C30H30O7/c1-4-35-28(32)30(29(33)36-5-2)24(25(31)20-12-8-6-9-13-20)26(21-14-10-7-11-15-21)37-27(30)22-16-18-23(34-3)19-17-22/h6-19,24,26-27H,4-5H2,1-3H3/t24-,26+,27+/m1/s1. The molecular formula is C30H30O7. The summed E-state index contributed by atoms with van der Waals surface area (Å²) in [5.74, 6) is -2.78. The molecule has 1 fully saturated rings. The van der Waals surface area contributed by atoms with Crippen LogP contribution in [0.5, 0.6) is 5.75 Å². The summed E-state index contributed by atoms with van der Waals surface area (Å²) in [4.78, 5) is 42.1. The molecule has 7 heteroatoms. The molecule has 1 aliphatic heterocycles.